The minimum Gasteiger partial charge on any atom is -0.103 e. The van der Waals surface area contributed by atoms with Gasteiger partial charge in [-0.25, -0.2) is 0 Å². The van der Waals surface area contributed by atoms with Crippen LogP contribution < -0.4 is 10.4 Å². The second-order valence-electron chi connectivity index (χ2n) is 22.5. The average molecular weight is 1080 g/mol. The highest BCUT2D eigenvalue weighted by Gasteiger charge is 2.51. The van der Waals surface area contributed by atoms with Crippen molar-refractivity contribution in [2.24, 2.45) is 11.8 Å². The summed E-state index contributed by atoms with van der Waals surface area (Å²) in [6.07, 6.45) is 33.2. The maximum absolute atomic E-state index is 4.66. The van der Waals surface area contributed by atoms with Crippen molar-refractivity contribution in [3.63, 3.8) is 0 Å². The zero-order valence-corrected chi connectivity index (χ0v) is 51.7. The molecule has 10 rings (SSSR count). The predicted molar refractivity (Wildman–Crippen MR) is 365 cm³/mol. The van der Waals surface area contributed by atoms with Crippen molar-refractivity contribution in [2.45, 2.75) is 145 Å². The molecule has 4 aliphatic rings. The summed E-state index contributed by atoms with van der Waals surface area (Å²) in [4.78, 5) is 0. The normalized spacial score (nSPS) is 17.7. The molecule has 6 aromatic carbocycles. The largest absolute Gasteiger partial charge is 0.103 e. The highest BCUT2D eigenvalue weighted by molar-refractivity contribution is 5.94. The fourth-order valence-corrected chi connectivity index (χ4v) is 12.9. The summed E-state index contributed by atoms with van der Waals surface area (Å²) in [5.41, 5.74) is 26.0. The highest BCUT2D eigenvalue weighted by atomic mass is 14.5. The van der Waals surface area contributed by atoms with Crippen molar-refractivity contribution in [3.05, 3.63) is 285 Å². The molecule has 0 N–H and O–H groups in total. The van der Waals surface area contributed by atoms with E-state index in [0.29, 0.717) is 11.8 Å². The van der Waals surface area contributed by atoms with E-state index in [9.17, 15) is 0 Å². The molecule has 6 aromatic rings. The summed E-state index contributed by atoms with van der Waals surface area (Å²) in [6, 6.07) is 52.2. The highest BCUT2D eigenvalue weighted by Crippen LogP contribution is 2.61. The van der Waals surface area contributed by atoms with Gasteiger partial charge < -0.3 is 0 Å². The molecular weight excluding hydrogens is 985 g/mol. The molecule has 0 aromatic heterocycles. The van der Waals surface area contributed by atoms with Crippen LogP contribution in [0.25, 0.3) is 57.2 Å². The van der Waals surface area contributed by atoms with Crippen molar-refractivity contribution in [3.8, 4) is 22.3 Å². The predicted octanol–water partition coefficient (Wildman–Crippen LogP) is 22.6. The first-order valence-corrected chi connectivity index (χ1v) is 31.1. The van der Waals surface area contributed by atoms with E-state index in [0.717, 1.165) is 55.4 Å². The Labute approximate surface area is 496 Å². The lowest BCUT2D eigenvalue weighted by Gasteiger charge is -2.42. The Hall–Kier alpha value is -7.54. The van der Waals surface area contributed by atoms with Crippen molar-refractivity contribution < 1.29 is 0 Å². The van der Waals surface area contributed by atoms with Gasteiger partial charge in [-0.3, -0.25) is 0 Å². The molecule has 0 heteroatoms. The van der Waals surface area contributed by atoms with Crippen LogP contribution in [-0.4, -0.2) is 0 Å². The third-order valence-electron chi connectivity index (χ3n) is 17.0. The first-order valence-electron chi connectivity index (χ1n) is 31.1. The van der Waals surface area contributed by atoms with Crippen LogP contribution >= 0.6 is 0 Å². The van der Waals surface area contributed by atoms with Crippen LogP contribution in [0.4, 0.5) is 0 Å². The Morgan fingerprint density at radius 1 is 0.683 bits per heavy atom. The molecule has 0 nitrogen and oxygen atoms in total. The van der Waals surface area contributed by atoms with Gasteiger partial charge in [-0.2, -0.15) is 0 Å². The molecular formula is C82H94. The fourth-order valence-electron chi connectivity index (χ4n) is 12.9. The van der Waals surface area contributed by atoms with Crippen LogP contribution in [-0.2, 0) is 5.41 Å². The monoisotopic (exact) mass is 1080 g/mol. The number of hydrogen-bond acceptors (Lipinski definition) is 0. The SMILES string of the molecule is C=C(C)CCC.C=CCCC(C)CC1C=CC2=C(C1)C(C1=C(C)C=CCC1)(c1ccccc1C=C)c1cc(C(/C=C(\C)c3ccc(-c4ccc(-c5ccccc5)cc4)c(C4=CC=C(CC)CC4)c3)=c3\ccccc3=C)ccc12.CC.CC. The topological polar surface area (TPSA) is 0 Å². The van der Waals surface area contributed by atoms with Gasteiger partial charge in [0.05, 0.1) is 5.41 Å². The number of rotatable bonds is 17. The number of benzene rings is 6. The molecule has 0 bridgehead atoms. The summed E-state index contributed by atoms with van der Waals surface area (Å²) < 4.78 is 0. The van der Waals surface area contributed by atoms with Gasteiger partial charge >= 0.3 is 0 Å². The standard InChI is InChI=1S/C72H70.C6H12.2C2H6/c1-8-11-21-49(4)44-54-32-41-64-65-43-40-61(48-71(65)72(70(64)46-54,68-28-19-16-23-51(68)6)69-29-20-17-24-55(69)10-3)66(62-27-18-15-22-50(62)5)45-52(7)60-39-42-63(67(47-60)59-33-30-53(9-2)31-34-59)58-37-35-57(36-38-58)56-25-13-12-14-26-56;1-4-5-6(2)3;2*1-2/h8,10,12-18,20,22-27,29-30,32-33,35-43,45,47-49,54H,1,3,5,9,11,19,21,28,31,34,44,46H2,2,4,6-7H3;2,4-5H2,1,3H3;2*1-2H3/b52-45+,66-62+;;;. The maximum atomic E-state index is 4.66. The lowest BCUT2D eigenvalue weighted by Crippen LogP contribution is -2.34. The number of fused-ring (bicyclic) bond motifs is 2. The number of allylic oxidation sites excluding steroid dienone is 16. The van der Waals surface area contributed by atoms with Crippen LogP contribution in [0.15, 0.2) is 236 Å². The molecule has 0 saturated heterocycles. The van der Waals surface area contributed by atoms with Crippen molar-refractivity contribution >= 4 is 34.9 Å². The van der Waals surface area contributed by atoms with Gasteiger partial charge in [0.1, 0.15) is 0 Å². The smallest absolute Gasteiger partial charge is 0.0648 e. The molecule has 3 unspecified atom stereocenters. The Morgan fingerprint density at radius 2 is 1.37 bits per heavy atom. The van der Waals surface area contributed by atoms with Gasteiger partial charge in [-0.15, -0.1) is 13.2 Å². The molecule has 0 saturated carbocycles. The van der Waals surface area contributed by atoms with Gasteiger partial charge in [-0.1, -0.05) is 267 Å². The second-order valence-corrected chi connectivity index (χ2v) is 22.5. The summed E-state index contributed by atoms with van der Waals surface area (Å²) in [6.45, 7) is 38.5. The molecule has 0 spiro atoms. The molecule has 0 amide bonds. The molecule has 0 heterocycles. The van der Waals surface area contributed by atoms with E-state index in [1.54, 1.807) is 5.57 Å². The van der Waals surface area contributed by atoms with E-state index >= 15 is 0 Å². The van der Waals surface area contributed by atoms with E-state index in [-0.39, 0.29) is 0 Å². The molecule has 0 fully saturated rings. The van der Waals surface area contributed by atoms with Gasteiger partial charge in [0.25, 0.3) is 0 Å². The molecule has 0 aliphatic heterocycles. The van der Waals surface area contributed by atoms with Gasteiger partial charge in [0, 0.05) is 0 Å². The fraction of sp³-hybridized carbons (Fsp3) is 0.293. The molecule has 82 heavy (non-hydrogen) atoms. The van der Waals surface area contributed by atoms with Gasteiger partial charge in [0.2, 0.25) is 0 Å². The lowest BCUT2D eigenvalue weighted by molar-refractivity contribution is 0.412. The molecule has 4 aliphatic carbocycles. The van der Waals surface area contributed by atoms with Crippen molar-refractivity contribution in [1.82, 2.24) is 0 Å². The van der Waals surface area contributed by atoms with Crippen LogP contribution in [0.3, 0.4) is 0 Å². The van der Waals surface area contributed by atoms with Crippen LogP contribution in [0, 0.1) is 11.8 Å². The molecule has 422 valence electrons. The first kappa shape index (κ1) is 62.1. The first-order chi connectivity index (χ1) is 40.0. The van der Waals surface area contributed by atoms with Crippen molar-refractivity contribution in [2.75, 3.05) is 0 Å². The van der Waals surface area contributed by atoms with E-state index in [1.807, 2.05) is 27.7 Å². The van der Waals surface area contributed by atoms with E-state index in [1.165, 1.54) is 131 Å². The zero-order valence-electron chi connectivity index (χ0n) is 51.7. The quantitative estimate of drug-likeness (QED) is 0.0799. The number of hydrogen-bond donors (Lipinski definition) is 0. The summed E-state index contributed by atoms with van der Waals surface area (Å²) in [5.74, 6) is 1.07. The van der Waals surface area contributed by atoms with E-state index in [4.69, 9.17) is 0 Å². The molecule has 3 atom stereocenters. The minimum absolute atomic E-state index is 0.453. The Morgan fingerprint density at radius 3 is 2.02 bits per heavy atom. The second kappa shape index (κ2) is 30.0. The average Bonchev–Trinajstić information content (AvgIpc) is 1.76. The summed E-state index contributed by atoms with van der Waals surface area (Å²) in [5, 5.41) is 2.17. The summed E-state index contributed by atoms with van der Waals surface area (Å²) >= 11 is 0. The van der Waals surface area contributed by atoms with Crippen LogP contribution in [0.5, 0.6) is 0 Å². The minimum atomic E-state index is -0.453. The Bertz CT molecular complexity index is 3550. The van der Waals surface area contributed by atoms with Crippen molar-refractivity contribution in [1.29, 1.82) is 0 Å². The zero-order chi connectivity index (χ0) is 58.8. The van der Waals surface area contributed by atoms with Crippen LogP contribution in [0.1, 0.15) is 179 Å². The third kappa shape index (κ3) is 13.8. The van der Waals surface area contributed by atoms with Crippen LogP contribution in [0.2, 0.25) is 0 Å². The molecule has 0 radical (unpaired) electrons. The van der Waals surface area contributed by atoms with Gasteiger partial charge in [-0.05, 0) is 214 Å². The maximum Gasteiger partial charge on any atom is 0.0648 e. The Balaban J connectivity index is 0.000000901. The van der Waals surface area contributed by atoms with E-state index < -0.39 is 5.41 Å². The van der Waals surface area contributed by atoms with E-state index in [2.05, 4.69) is 262 Å². The third-order valence-corrected chi connectivity index (χ3v) is 17.0. The lowest BCUT2D eigenvalue weighted by atomic mass is 9.60. The van der Waals surface area contributed by atoms with Gasteiger partial charge in [0.15, 0.2) is 0 Å². The Kier molecular flexibility index (Phi) is 22.7. The summed E-state index contributed by atoms with van der Waals surface area (Å²) in [7, 11) is 0.